The Balaban J connectivity index is 2.40. The van der Waals surface area contributed by atoms with Crippen LogP contribution in [0.1, 0.15) is 5.56 Å². The Morgan fingerprint density at radius 2 is 2.05 bits per heavy atom. The first-order chi connectivity index (χ1) is 9.08. The van der Waals surface area contributed by atoms with Crippen LogP contribution in [0.25, 0.3) is 16.9 Å². The molecular weight excluding hydrogens is 268 g/mol. The Kier molecular flexibility index (Phi) is 2.67. The molecule has 3 aromatic rings. The molecular formula is C13H9F2N3S. The second-order valence-corrected chi connectivity index (χ2v) is 4.58. The molecule has 0 bridgehead atoms. The molecule has 1 aromatic carbocycles. The summed E-state index contributed by atoms with van der Waals surface area (Å²) in [5.41, 5.74) is 1.45. The minimum absolute atomic E-state index is 0.0538. The number of fused-ring (bicyclic) bond motifs is 1. The zero-order valence-electron chi connectivity index (χ0n) is 9.95. The van der Waals surface area contributed by atoms with Crippen LogP contribution in [0, 0.1) is 23.3 Å². The van der Waals surface area contributed by atoms with Gasteiger partial charge in [-0.2, -0.15) is 0 Å². The Morgan fingerprint density at radius 3 is 2.84 bits per heavy atom. The molecule has 3 nitrogen and oxygen atoms in total. The average Bonchev–Trinajstić information content (AvgIpc) is 2.70. The van der Waals surface area contributed by atoms with Gasteiger partial charge in [0.2, 0.25) is 0 Å². The van der Waals surface area contributed by atoms with Crippen molar-refractivity contribution in [2.24, 2.45) is 0 Å². The highest BCUT2D eigenvalue weighted by Gasteiger charge is 2.13. The first-order valence-electron chi connectivity index (χ1n) is 5.59. The molecule has 3 rings (SSSR count). The number of nitrogens with one attached hydrogen (secondary N) is 1. The number of H-pyrrole nitrogens is 1. The molecule has 2 aromatic heterocycles. The van der Waals surface area contributed by atoms with Gasteiger partial charge in [0.15, 0.2) is 10.4 Å². The molecule has 0 unspecified atom stereocenters. The number of aromatic nitrogens is 3. The Morgan fingerprint density at radius 1 is 1.26 bits per heavy atom. The first-order valence-corrected chi connectivity index (χ1v) is 6.00. The van der Waals surface area contributed by atoms with Crippen molar-refractivity contribution in [3.63, 3.8) is 0 Å². The van der Waals surface area contributed by atoms with E-state index in [0.717, 1.165) is 12.1 Å². The highest BCUT2D eigenvalue weighted by Crippen LogP contribution is 2.22. The summed E-state index contributed by atoms with van der Waals surface area (Å²) in [6, 6.07) is 5.79. The molecule has 0 saturated heterocycles. The van der Waals surface area contributed by atoms with Crippen LogP contribution < -0.4 is 0 Å². The van der Waals surface area contributed by atoms with Crippen LogP contribution >= 0.6 is 12.2 Å². The fraction of sp³-hybridized carbons (Fsp3) is 0.0769. The van der Waals surface area contributed by atoms with Gasteiger partial charge in [0.25, 0.3) is 0 Å². The molecule has 0 aliphatic rings. The summed E-state index contributed by atoms with van der Waals surface area (Å²) < 4.78 is 29.3. The van der Waals surface area contributed by atoms with Gasteiger partial charge in [0.1, 0.15) is 11.6 Å². The third-order valence-corrected chi connectivity index (χ3v) is 3.20. The van der Waals surface area contributed by atoms with Gasteiger partial charge in [-0.3, -0.25) is 4.57 Å². The summed E-state index contributed by atoms with van der Waals surface area (Å²) in [6.07, 6.45) is 1.57. The Labute approximate surface area is 112 Å². The largest absolute Gasteiger partial charge is 0.329 e. The van der Waals surface area contributed by atoms with Crippen LogP contribution in [0.2, 0.25) is 0 Å². The first kappa shape index (κ1) is 12.0. The quantitative estimate of drug-likeness (QED) is 0.688. The summed E-state index contributed by atoms with van der Waals surface area (Å²) >= 11 is 5.15. The van der Waals surface area contributed by atoms with Crippen LogP contribution in [0.4, 0.5) is 8.78 Å². The molecule has 0 radical (unpaired) electrons. The van der Waals surface area contributed by atoms with Crippen molar-refractivity contribution in [1.29, 1.82) is 0 Å². The number of halogens is 2. The zero-order chi connectivity index (χ0) is 13.6. The monoisotopic (exact) mass is 277 g/mol. The number of imidazole rings is 1. The Bertz CT molecular complexity index is 836. The fourth-order valence-electron chi connectivity index (χ4n) is 1.97. The normalized spacial score (nSPS) is 11.1. The standard InChI is InChI=1S/C13H9F2N3S/c1-7-5-9(15)11(6-8(7)14)18-12-10(17-13(18)19)3-2-4-16-12/h2-6H,1H3,(H,17,19). The van der Waals surface area contributed by atoms with Crippen molar-refractivity contribution in [3.8, 4) is 5.69 Å². The average molecular weight is 277 g/mol. The maximum absolute atomic E-state index is 14.0. The van der Waals surface area contributed by atoms with E-state index in [-0.39, 0.29) is 16.0 Å². The third-order valence-electron chi connectivity index (χ3n) is 2.91. The Hall–Kier alpha value is -2.08. The molecule has 0 spiro atoms. The van der Waals surface area contributed by atoms with Crippen LogP contribution in [-0.4, -0.2) is 14.5 Å². The third kappa shape index (κ3) is 1.84. The molecule has 1 N–H and O–H groups in total. The minimum atomic E-state index is -0.540. The van der Waals surface area contributed by atoms with Crippen molar-refractivity contribution in [3.05, 3.63) is 52.4 Å². The topological polar surface area (TPSA) is 33.6 Å². The predicted molar refractivity (Wildman–Crippen MR) is 70.9 cm³/mol. The minimum Gasteiger partial charge on any atom is -0.329 e. The van der Waals surface area contributed by atoms with E-state index < -0.39 is 11.6 Å². The molecule has 96 valence electrons. The summed E-state index contributed by atoms with van der Waals surface area (Å²) in [5, 5.41) is 0. The number of aryl methyl sites for hydroxylation is 1. The lowest BCUT2D eigenvalue weighted by Crippen LogP contribution is -2.01. The van der Waals surface area contributed by atoms with Crippen LogP contribution in [0.5, 0.6) is 0 Å². The molecule has 0 aliphatic carbocycles. The number of hydrogen-bond acceptors (Lipinski definition) is 2. The molecule has 0 saturated carbocycles. The molecule has 2 heterocycles. The van der Waals surface area contributed by atoms with Gasteiger partial charge in [0, 0.05) is 12.3 Å². The van der Waals surface area contributed by atoms with E-state index in [9.17, 15) is 8.78 Å². The second-order valence-electron chi connectivity index (χ2n) is 4.19. The van der Waals surface area contributed by atoms with Crippen LogP contribution in [0.15, 0.2) is 30.5 Å². The van der Waals surface area contributed by atoms with E-state index in [0.29, 0.717) is 11.2 Å². The van der Waals surface area contributed by atoms with Gasteiger partial charge in [-0.15, -0.1) is 0 Å². The van der Waals surface area contributed by atoms with Crippen LogP contribution in [0.3, 0.4) is 0 Å². The van der Waals surface area contributed by atoms with E-state index in [1.54, 1.807) is 18.3 Å². The van der Waals surface area contributed by atoms with Crippen molar-refractivity contribution in [2.45, 2.75) is 6.92 Å². The summed E-state index contributed by atoms with van der Waals surface area (Å²) in [5.74, 6) is -1.02. The molecule has 0 atom stereocenters. The van der Waals surface area contributed by atoms with Gasteiger partial charge < -0.3 is 4.98 Å². The summed E-state index contributed by atoms with van der Waals surface area (Å²) in [4.78, 5) is 7.06. The maximum Gasteiger partial charge on any atom is 0.184 e. The van der Waals surface area contributed by atoms with Crippen molar-refractivity contribution >= 4 is 23.4 Å². The lowest BCUT2D eigenvalue weighted by Gasteiger charge is -2.07. The van der Waals surface area contributed by atoms with E-state index >= 15 is 0 Å². The van der Waals surface area contributed by atoms with Gasteiger partial charge in [0.05, 0.1) is 11.2 Å². The number of rotatable bonds is 1. The van der Waals surface area contributed by atoms with Gasteiger partial charge >= 0.3 is 0 Å². The molecule has 19 heavy (non-hydrogen) atoms. The summed E-state index contributed by atoms with van der Waals surface area (Å²) in [6.45, 7) is 1.51. The van der Waals surface area contributed by atoms with E-state index in [4.69, 9.17) is 12.2 Å². The molecule has 0 aliphatic heterocycles. The lowest BCUT2D eigenvalue weighted by molar-refractivity contribution is 0.586. The number of hydrogen-bond donors (Lipinski definition) is 1. The highest BCUT2D eigenvalue weighted by molar-refractivity contribution is 7.71. The zero-order valence-corrected chi connectivity index (χ0v) is 10.8. The number of nitrogens with zero attached hydrogens (tertiary/aromatic N) is 2. The maximum atomic E-state index is 14.0. The van der Waals surface area contributed by atoms with Gasteiger partial charge in [-0.25, -0.2) is 13.8 Å². The lowest BCUT2D eigenvalue weighted by atomic mass is 10.2. The fourth-order valence-corrected chi connectivity index (χ4v) is 2.27. The van der Waals surface area contributed by atoms with E-state index in [1.165, 1.54) is 11.5 Å². The van der Waals surface area contributed by atoms with Crippen molar-refractivity contribution in [2.75, 3.05) is 0 Å². The molecule has 0 amide bonds. The second kappa shape index (κ2) is 4.24. The number of benzene rings is 1. The highest BCUT2D eigenvalue weighted by atomic mass is 32.1. The van der Waals surface area contributed by atoms with Gasteiger partial charge in [-0.05, 0) is 42.9 Å². The molecule has 6 heteroatoms. The van der Waals surface area contributed by atoms with E-state index in [2.05, 4.69) is 9.97 Å². The smallest absolute Gasteiger partial charge is 0.184 e. The SMILES string of the molecule is Cc1cc(F)c(-n2c(=S)[nH]c3cccnc32)cc1F. The summed E-state index contributed by atoms with van der Waals surface area (Å²) in [7, 11) is 0. The number of aromatic amines is 1. The van der Waals surface area contributed by atoms with Gasteiger partial charge in [-0.1, -0.05) is 0 Å². The molecule has 0 fully saturated rings. The van der Waals surface area contributed by atoms with Crippen molar-refractivity contribution in [1.82, 2.24) is 14.5 Å². The van der Waals surface area contributed by atoms with E-state index in [1.807, 2.05) is 0 Å². The van der Waals surface area contributed by atoms with Crippen LogP contribution in [-0.2, 0) is 0 Å². The number of pyridine rings is 1. The predicted octanol–water partition coefficient (Wildman–Crippen LogP) is 3.67. The van der Waals surface area contributed by atoms with Crippen molar-refractivity contribution < 1.29 is 8.78 Å².